The Labute approximate surface area is 154 Å². The molecule has 0 aromatic heterocycles. The summed E-state index contributed by atoms with van der Waals surface area (Å²) in [4.78, 5) is 42.6. The number of carbonyl (C=O) groups is 3. The molecular weight excluding hydrogens is 330 g/mol. The van der Waals surface area contributed by atoms with Crippen molar-refractivity contribution in [1.82, 2.24) is 14.7 Å². The second kappa shape index (κ2) is 7.89. The van der Waals surface area contributed by atoms with Crippen LogP contribution >= 0.6 is 0 Å². The van der Waals surface area contributed by atoms with E-state index in [0.717, 1.165) is 18.4 Å². The lowest BCUT2D eigenvalue weighted by molar-refractivity contribution is -0.146. The maximum Gasteiger partial charge on any atom is 0.245 e. The summed E-state index contributed by atoms with van der Waals surface area (Å²) in [6.45, 7) is 3.19. The van der Waals surface area contributed by atoms with Gasteiger partial charge in [0, 0.05) is 46.1 Å². The van der Waals surface area contributed by atoms with Crippen molar-refractivity contribution in [2.24, 2.45) is 0 Å². The van der Waals surface area contributed by atoms with Crippen LogP contribution in [0.2, 0.25) is 0 Å². The summed E-state index contributed by atoms with van der Waals surface area (Å²) in [5, 5.41) is 0. The van der Waals surface area contributed by atoms with Gasteiger partial charge in [-0.25, -0.2) is 0 Å². The van der Waals surface area contributed by atoms with Gasteiger partial charge in [-0.2, -0.15) is 0 Å². The Morgan fingerprint density at radius 3 is 2.54 bits per heavy atom. The molecule has 6 heteroatoms. The van der Waals surface area contributed by atoms with Crippen molar-refractivity contribution in [3.8, 4) is 0 Å². The lowest BCUT2D eigenvalue weighted by atomic mass is 10.1. The van der Waals surface area contributed by atoms with E-state index in [-0.39, 0.29) is 29.8 Å². The molecule has 0 saturated carbocycles. The molecule has 0 bridgehead atoms. The summed E-state index contributed by atoms with van der Waals surface area (Å²) < 4.78 is 0. The van der Waals surface area contributed by atoms with Crippen LogP contribution in [0.4, 0.5) is 0 Å². The van der Waals surface area contributed by atoms with Crippen molar-refractivity contribution in [3.63, 3.8) is 0 Å². The van der Waals surface area contributed by atoms with Gasteiger partial charge in [0.25, 0.3) is 0 Å². The van der Waals surface area contributed by atoms with Crippen molar-refractivity contribution in [1.29, 1.82) is 0 Å². The molecule has 1 aromatic carbocycles. The minimum Gasteiger partial charge on any atom is -0.342 e. The Hall–Kier alpha value is -2.37. The highest BCUT2D eigenvalue weighted by atomic mass is 16.2. The molecule has 26 heavy (non-hydrogen) atoms. The summed E-state index contributed by atoms with van der Waals surface area (Å²) in [7, 11) is 1.80. The molecule has 0 aliphatic carbocycles. The zero-order valence-corrected chi connectivity index (χ0v) is 15.6. The number of carbonyl (C=O) groups excluding carboxylic acids is 3. The lowest BCUT2D eigenvalue weighted by Gasteiger charge is -2.35. The number of fused-ring (bicyclic) bond motifs is 1. The van der Waals surface area contributed by atoms with Gasteiger partial charge in [-0.3, -0.25) is 14.4 Å². The van der Waals surface area contributed by atoms with Gasteiger partial charge in [0.15, 0.2) is 0 Å². The first-order chi connectivity index (χ1) is 12.5. The predicted molar refractivity (Wildman–Crippen MR) is 98.1 cm³/mol. The van der Waals surface area contributed by atoms with Crippen LogP contribution in [0, 0.1) is 0 Å². The molecule has 2 heterocycles. The monoisotopic (exact) mass is 357 g/mol. The SMILES string of the molecule is CC(=O)N1CCC(=O)N2[C@H](CC[C@H]2C(=O)N(C)Cc2ccccc2)CC1. The number of rotatable bonds is 3. The smallest absolute Gasteiger partial charge is 0.245 e. The summed E-state index contributed by atoms with van der Waals surface area (Å²) in [6, 6.07) is 9.56. The average Bonchev–Trinajstić information content (AvgIpc) is 3.03. The molecule has 3 amide bonds. The molecule has 6 nitrogen and oxygen atoms in total. The Morgan fingerprint density at radius 2 is 1.85 bits per heavy atom. The topological polar surface area (TPSA) is 60.9 Å². The minimum absolute atomic E-state index is 0.00806. The molecular formula is C20H27N3O3. The van der Waals surface area contributed by atoms with Crippen LogP contribution in [0.5, 0.6) is 0 Å². The van der Waals surface area contributed by atoms with Crippen LogP contribution in [-0.2, 0) is 20.9 Å². The van der Waals surface area contributed by atoms with Crippen LogP contribution < -0.4 is 0 Å². The van der Waals surface area contributed by atoms with Crippen LogP contribution in [-0.4, -0.2) is 64.6 Å². The van der Waals surface area contributed by atoms with Crippen molar-refractivity contribution < 1.29 is 14.4 Å². The molecule has 2 aliphatic heterocycles. The molecule has 2 atom stereocenters. The van der Waals surface area contributed by atoms with Crippen LogP contribution in [0.25, 0.3) is 0 Å². The van der Waals surface area contributed by atoms with E-state index < -0.39 is 0 Å². The average molecular weight is 357 g/mol. The van der Waals surface area contributed by atoms with E-state index in [0.29, 0.717) is 32.5 Å². The second-order valence-electron chi connectivity index (χ2n) is 7.27. The fourth-order valence-corrected chi connectivity index (χ4v) is 4.07. The van der Waals surface area contributed by atoms with Gasteiger partial charge >= 0.3 is 0 Å². The van der Waals surface area contributed by atoms with E-state index >= 15 is 0 Å². The van der Waals surface area contributed by atoms with Crippen molar-refractivity contribution in [3.05, 3.63) is 35.9 Å². The maximum absolute atomic E-state index is 13.0. The van der Waals surface area contributed by atoms with Crippen molar-refractivity contribution in [2.75, 3.05) is 20.1 Å². The molecule has 0 unspecified atom stereocenters. The number of benzene rings is 1. The summed E-state index contributed by atoms with van der Waals surface area (Å²) in [6.07, 6.45) is 2.57. The highest BCUT2D eigenvalue weighted by Gasteiger charge is 2.42. The molecule has 2 aliphatic rings. The van der Waals surface area contributed by atoms with Gasteiger partial charge in [-0.05, 0) is 24.8 Å². The van der Waals surface area contributed by atoms with Gasteiger partial charge in [0.1, 0.15) is 6.04 Å². The number of amides is 3. The van der Waals surface area contributed by atoms with Gasteiger partial charge in [-0.1, -0.05) is 30.3 Å². The van der Waals surface area contributed by atoms with E-state index in [1.165, 1.54) is 0 Å². The Bertz CT molecular complexity index is 676. The molecule has 0 spiro atoms. The van der Waals surface area contributed by atoms with Gasteiger partial charge in [0.05, 0.1) is 0 Å². The lowest BCUT2D eigenvalue weighted by Crippen LogP contribution is -2.52. The summed E-state index contributed by atoms with van der Waals surface area (Å²) >= 11 is 0. The standard InChI is InChI=1S/C20H27N3O3/c1-15(24)22-12-10-17-8-9-18(23(17)19(25)11-13-22)20(26)21(2)14-16-6-4-3-5-7-16/h3-7,17-18H,8-14H2,1-2H3/t17-,18+/m1/s1. The molecule has 2 saturated heterocycles. The first-order valence-electron chi connectivity index (χ1n) is 9.33. The minimum atomic E-state index is -0.370. The molecule has 1 aromatic rings. The first-order valence-corrected chi connectivity index (χ1v) is 9.33. The maximum atomic E-state index is 13.0. The molecule has 3 rings (SSSR count). The zero-order chi connectivity index (χ0) is 18.7. The Kier molecular flexibility index (Phi) is 5.59. The Balaban J connectivity index is 1.68. The largest absolute Gasteiger partial charge is 0.342 e. The fourth-order valence-electron chi connectivity index (χ4n) is 4.07. The van der Waals surface area contributed by atoms with Gasteiger partial charge in [-0.15, -0.1) is 0 Å². The quantitative estimate of drug-likeness (QED) is 0.826. The van der Waals surface area contributed by atoms with Gasteiger partial charge < -0.3 is 14.7 Å². The highest BCUT2D eigenvalue weighted by molar-refractivity contribution is 5.89. The van der Waals surface area contributed by atoms with E-state index in [2.05, 4.69) is 0 Å². The summed E-state index contributed by atoms with van der Waals surface area (Å²) in [5.74, 6) is 0.0121. The molecule has 2 fully saturated rings. The predicted octanol–water partition coefficient (Wildman–Crippen LogP) is 1.65. The Morgan fingerprint density at radius 1 is 1.12 bits per heavy atom. The van der Waals surface area contributed by atoms with E-state index in [9.17, 15) is 14.4 Å². The van der Waals surface area contributed by atoms with E-state index in [1.54, 1.807) is 28.7 Å². The number of nitrogens with zero attached hydrogens (tertiary/aromatic N) is 3. The van der Waals surface area contributed by atoms with E-state index in [1.807, 2.05) is 30.3 Å². The third-order valence-electron chi connectivity index (χ3n) is 5.49. The number of likely N-dealkylation sites (N-methyl/N-ethyl adjacent to an activating group) is 1. The highest BCUT2D eigenvalue weighted by Crippen LogP contribution is 2.30. The number of hydrogen-bond acceptors (Lipinski definition) is 3. The van der Waals surface area contributed by atoms with E-state index in [4.69, 9.17) is 0 Å². The van der Waals surface area contributed by atoms with Crippen LogP contribution in [0.15, 0.2) is 30.3 Å². The third-order valence-corrected chi connectivity index (χ3v) is 5.49. The normalized spacial score (nSPS) is 23.2. The molecule has 0 radical (unpaired) electrons. The third kappa shape index (κ3) is 3.89. The van der Waals surface area contributed by atoms with Crippen molar-refractivity contribution >= 4 is 17.7 Å². The second-order valence-corrected chi connectivity index (χ2v) is 7.27. The molecule has 140 valence electrons. The fraction of sp³-hybridized carbons (Fsp3) is 0.550. The molecule has 0 N–H and O–H groups in total. The summed E-state index contributed by atoms with van der Waals surface area (Å²) in [5.41, 5.74) is 1.08. The first kappa shape index (κ1) is 18.4. The van der Waals surface area contributed by atoms with Crippen LogP contribution in [0.1, 0.15) is 38.2 Å². The van der Waals surface area contributed by atoms with Crippen molar-refractivity contribution in [2.45, 2.75) is 51.2 Å². The zero-order valence-electron chi connectivity index (χ0n) is 15.6. The number of hydrogen-bond donors (Lipinski definition) is 0. The van der Waals surface area contributed by atoms with Gasteiger partial charge in [0.2, 0.25) is 17.7 Å². The van der Waals surface area contributed by atoms with Crippen LogP contribution in [0.3, 0.4) is 0 Å².